The summed E-state index contributed by atoms with van der Waals surface area (Å²) in [6, 6.07) is 7.99. The number of nitrogens with zero attached hydrogens (tertiary/aromatic N) is 3. The molecule has 3 heterocycles. The van der Waals surface area contributed by atoms with E-state index in [1.54, 1.807) is 31.5 Å². The van der Waals surface area contributed by atoms with Crippen molar-refractivity contribution in [3.63, 3.8) is 0 Å². The molecular formula is C19H18FN5O2. The molecule has 0 aromatic carbocycles. The molecular weight excluding hydrogens is 349 g/mol. The monoisotopic (exact) mass is 367 g/mol. The second-order valence-electron chi connectivity index (χ2n) is 5.90. The molecule has 27 heavy (non-hydrogen) atoms. The van der Waals surface area contributed by atoms with Crippen LogP contribution < -0.4 is 15.4 Å². The maximum Gasteiger partial charge on any atom is 0.419 e. The number of carbonyl (C=O) groups is 1. The average molecular weight is 367 g/mol. The van der Waals surface area contributed by atoms with E-state index >= 15 is 0 Å². The molecule has 3 rings (SSSR count). The van der Waals surface area contributed by atoms with Gasteiger partial charge in [0, 0.05) is 11.9 Å². The Hall–Kier alpha value is -3.55. The summed E-state index contributed by atoms with van der Waals surface area (Å²) in [5.41, 5.74) is 3.11. The Morgan fingerprint density at radius 3 is 2.59 bits per heavy atom. The zero-order valence-corrected chi connectivity index (χ0v) is 15.1. The van der Waals surface area contributed by atoms with Gasteiger partial charge in [0.05, 0.1) is 17.6 Å². The van der Waals surface area contributed by atoms with Crippen LogP contribution in [0.5, 0.6) is 5.88 Å². The van der Waals surface area contributed by atoms with Crippen molar-refractivity contribution < 1.29 is 13.9 Å². The number of pyridine rings is 3. The van der Waals surface area contributed by atoms with Crippen LogP contribution in [0.15, 0.2) is 42.7 Å². The fraction of sp³-hybridized carbons (Fsp3) is 0.158. The molecule has 3 aromatic rings. The molecule has 0 unspecified atom stereocenters. The second-order valence-corrected chi connectivity index (χ2v) is 5.90. The highest BCUT2D eigenvalue weighted by molar-refractivity contribution is 5.86. The molecule has 0 fully saturated rings. The smallest absolute Gasteiger partial charge is 0.389 e. The molecule has 8 heteroatoms. The van der Waals surface area contributed by atoms with E-state index in [4.69, 9.17) is 4.74 Å². The van der Waals surface area contributed by atoms with Crippen LogP contribution >= 0.6 is 0 Å². The number of hydrogen-bond acceptors (Lipinski definition) is 6. The Morgan fingerprint density at radius 2 is 1.85 bits per heavy atom. The SMILES string of the molecule is Cc1ccc(Nc2cnccc2C)c(OC(=O)Nc2ccc(F)c(C)n2)n1. The number of rotatable bonds is 4. The third kappa shape index (κ3) is 4.55. The van der Waals surface area contributed by atoms with Crippen molar-refractivity contribution in [2.45, 2.75) is 20.8 Å². The van der Waals surface area contributed by atoms with E-state index in [9.17, 15) is 9.18 Å². The van der Waals surface area contributed by atoms with Crippen LogP contribution in [0.1, 0.15) is 17.0 Å². The normalized spacial score (nSPS) is 10.4. The van der Waals surface area contributed by atoms with E-state index < -0.39 is 11.9 Å². The highest BCUT2D eigenvalue weighted by Gasteiger charge is 2.14. The van der Waals surface area contributed by atoms with Crippen molar-refractivity contribution in [2.24, 2.45) is 0 Å². The number of aromatic nitrogens is 3. The summed E-state index contributed by atoms with van der Waals surface area (Å²) in [6.07, 6.45) is 2.58. The van der Waals surface area contributed by atoms with Crippen LogP contribution in [-0.4, -0.2) is 21.0 Å². The summed E-state index contributed by atoms with van der Waals surface area (Å²) in [7, 11) is 0. The van der Waals surface area contributed by atoms with Gasteiger partial charge in [0.1, 0.15) is 17.3 Å². The van der Waals surface area contributed by atoms with E-state index in [0.717, 1.165) is 11.3 Å². The molecule has 0 saturated carbocycles. The van der Waals surface area contributed by atoms with Gasteiger partial charge in [-0.2, -0.15) is 0 Å². The van der Waals surface area contributed by atoms with Crippen molar-refractivity contribution in [2.75, 3.05) is 10.6 Å². The zero-order chi connectivity index (χ0) is 19.4. The van der Waals surface area contributed by atoms with Crippen LogP contribution in [0.2, 0.25) is 0 Å². The number of carbonyl (C=O) groups excluding carboxylic acids is 1. The largest absolute Gasteiger partial charge is 0.419 e. The lowest BCUT2D eigenvalue weighted by atomic mass is 10.2. The predicted octanol–water partition coefficient (Wildman–Crippen LogP) is 4.29. The van der Waals surface area contributed by atoms with E-state index in [2.05, 4.69) is 25.6 Å². The minimum Gasteiger partial charge on any atom is -0.389 e. The van der Waals surface area contributed by atoms with E-state index in [0.29, 0.717) is 11.4 Å². The Morgan fingerprint density at radius 1 is 1.04 bits per heavy atom. The molecule has 7 nitrogen and oxygen atoms in total. The van der Waals surface area contributed by atoms with E-state index in [1.165, 1.54) is 19.1 Å². The first-order chi connectivity index (χ1) is 12.9. The van der Waals surface area contributed by atoms with Crippen molar-refractivity contribution >= 4 is 23.3 Å². The number of nitrogens with one attached hydrogen (secondary N) is 2. The van der Waals surface area contributed by atoms with Crippen molar-refractivity contribution in [1.82, 2.24) is 15.0 Å². The maximum atomic E-state index is 13.3. The molecule has 138 valence electrons. The first kappa shape index (κ1) is 18.2. The Balaban J connectivity index is 1.79. The van der Waals surface area contributed by atoms with Crippen LogP contribution in [-0.2, 0) is 0 Å². The first-order valence-electron chi connectivity index (χ1n) is 8.19. The van der Waals surface area contributed by atoms with Gasteiger partial charge in [0.2, 0.25) is 5.88 Å². The Bertz CT molecular complexity index is 994. The molecule has 0 saturated heterocycles. The molecule has 3 aromatic heterocycles. The van der Waals surface area contributed by atoms with Gasteiger partial charge < -0.3 is 10.1 Å². The number of halogens is 1. The van der Waals surface area contributed by atoms with Gasteiger partial charge in [0.25, 0.3) is 0 Å². The molecule has 0 atom stereocenters. The highest BCUT2D eigenvalue weighted by atomic mass is 19.1. The van der Waals surface area contributed by atoms with Gasteiger partial charge in [-0.05, 0) is 56.7 Å². The Labute approximate surface area is 155 Å². The van der Waals surface area contributed by atoms with Crippen molar-refractivity contribution in [3.8, 4) is 5.88 Å². The van der Waals surface area contributed by atoms with Crippen molar-refractivity contribution in [1.29, 1.82) is 0 Å². The lowest BCUT2D eigenvalue weighted by Crippen LogP contribution is -2.19. The first-order valence-corrected chi connectivity index (χ1v) is 8.19. The summed E-state index contributed by atoms with van der Waals surface area (Å²) in [5.74, 6) is -0.161. The molecule has 2 N–H and O–H groups in total. The zero-order valence-electron chi connectivity index (χ0n) is 15.1. The fourth-order valence-corrected chi connectivity index (χ4v) is 2.28. The van der Waals surface area contributed by atoms with Crippen LogP contribution in [0.3, 0.4) is 0 Å². The summed E-state index contributed by atoms with van der Waals surface area (Å²) >= 11 is 0. The number of ether oxygens (including phenoxy) is 1. The maximum absolute atomic E-state index is 13.3. The molecule has 0 spiro atoms. The third-order valence-electron chi connectivity index (χ3n) is 3.75. The van der Waals surface area contributed by atoms with Crippen molar-refractivity contribution in [3.05, 3.63) is 65.5 Å². The average Bonchev–Trinajstić information content (AvgIpc) is 2.62. The quantitative estimate of drug-likeness (QED) is 0.715. The molecule has 0 aliphatic rings. The lowest BCUT2D eigenvalue weighted by molar-refractivity contribution is 0.213. The molecule has 0 radical (unpaired) electrons. The number of amides is 1. The summed E-state index contributed by atoms with van der Waals surface area (Å²) in [6.45, 7) is 5.22. The highest BCUT2D eigenvalue weighted by Crippen LogP contribution is 2.27. The van der Waals surface area contributed by atoms with E-state index in [-0.39, 0.29) is 17.4 Å². The van der Waals surface area contributed by atoms with Crippen LogP contribution in [0.25, 0.3) is 0 Å². The second kappa shape index (κ2) is 7.77. The lowest BCUT2D eigenvalue weighted by Gasteiger charge is -2.13. The summed E-state index contributed by atoms with van der Waals surface area (Å²) < 4.78 is 18.6. The summed E-state index contributed by atoms with van der Waals surface area (Å²) in [4.78, 5) is 24.5. The number of anilines is 3. The van der Waals surface area contributed by atoms with Gasteiger partial charge in [0.15, 0.2) is 0 Å². The molecule has 1 amide bonds. The predicted molar refractivity (Wildman–Crippen MR) is 99.8 cm³/mol. The van der Waals surface area contributed by atoms with Crippen LogP contribution in [0, 0.1) is 26.6 Å². The fourth-order valence-electron chi connectivity index (χ4n) is 2.28. The number of aryl methyl sites for hydroxylation is 3. The number of hydrogen-bond donors (Lipinski definition) is 2. The van der Waals surface area contributed by atoms with Gasteiger partial charge in [-0.25, -0.2) is 19.2 Å². The molecule has 0 aliphatic carbocycles. The van der Waals surface area contributed by atoms with Gasteiger partial charge in [-0.3, -0.25) is 10.3 Å². The van der Waals surface area contributed by atoms with Crippen LogP contribution in [0.4, 0.5) is 26.4 Å². The van der Waals surface area contributed by atoms with Gasteiger partial charge >= 0.3 is 6.09 Å². The summed E-state index contributed by atoms with van der Waals surface area (Å²) in [5, 5.41) is 5.62. The standard InChI is InChI=1S/C19H18FN5O2/c1-11-8-9-21-10-16(11)24-15-6-4-12(2)22-18(15)27-19(26)25-17-7-5-14(20)13(3)23-17/h4-10,24H,1-3H3,(H,23,25,26). The minimum absolute atomic E-state index is 0.106. The molecule has 0 bridgehead atoms. The molecule has 0 aliphatic heterocycles. The topological polar surface area (TPSA) is 89.0 Å². The van der Waals surface area contributed by atoms with E-state index in [1.807, 2.05) is 13.0 Å². The van der Waals surface area contributed by atoms with Gasteiger partial charge in [-0.15, -0.1) is 0 Å². The third-order valence-corrected chi connectivity index (χ3v) is 3.75. The minimum atomic E-state index is -0.780. The Kier molecular flexibility index (Phi) is 5.25. The van der Waals surface area contributed by atoms with Gasteiger partial charge in [-0.1, -0.05) is 0 Å².